The zero-order chi connectivity index (χ0) is 35.1. The monoisotopic (exact) mass is 684 g/mol. The highest BCUT2D eigenvalue weighted by Gasteiger charge is 2.20. The van der Waals surface area contributed by atoms with E-state index < -0.39 is 15.9 Å². The summed E-state index contributed by atoms with van der Waals surface area (Å²) in [5, 5.41) is 0. The number of carbonyl (C=O) groups is 1. The average molecular weight is 685 g/mol. The van der Waals surface area contributed by atoms with Crippen molar-refractivity contribution in [2.75, 3.05) is 25.2 Å². The number of rotatable bonds is 8. The minimum atomic E-state index is -3.67. The van der Waals surface area contributed by atoms with Gasteiger partial charge in [-0.2, -0.15) is 8.42 Å². The SMILES string of the molecule is CS(=O)(=O)O.Cc1ccc(-c2cn(CC3CCOCC3)cc(C(=O)Cc3ccc(-c4cc(-c5ccncc5F)cnc4N)cc3)c2=O)cc1. The highest BCUT2D eigenvalue weighted by molar-refractivity contribution is 7.85. The molecule has 5 aromatic rings. The summed E-state index contributed by atoms with van der Waals surface area (Å²) >= 11 is 0. The van der Waals surface area contributed by atoms with Crippen LogP contribution >= 0.6 is 0 Å². The molecule has 0 aliphatic carbocycles. The molecule has 1 aliphatic rings. The lowest BCUT2D eigenvalue weighted by Crippen LogP contribution is -2.25. The molecule has 1 fully saturated rings. The van der Waals surface area contributed by atoms with Gasteiger partial charge in [0.05, 0.1) is 18.0 Å². The fourth-order valence-corrected chi connectivity index (χ4v) is 5.65. The van der Waals surface area contributed by atoms with Gasteiger partial charge in [0.15, 0.2) is 11.2 Å². The van der Waals surface area contributed by atoms with Crippen LogP contribution in [0.4, 0.5) is 10.2 Å². The van der Waals surface area contributed by atoms with Gasteiger partial charge >= 0.3 is 0 Å². The maximum atomic E-state index is 14.4. The van der Waals surface area contributed by atoms with Gasteiger partial charge in [0.2, 0.25) is 0 Å². The second-order valence-corrected chi connectivity index (χ2v) is 13.5. The first kappa shape index (κ1) is 35.3. The number of benzene rings is 2. The van der Waals surface area contributed by atoms with Gasteiger partial charge in [-0.3, -0.25) is 19.1 Å². The van der Waals surface area contributed by atoms with Crippen LogP contribution in [0.2, 0.25) is 0 Å². The number of pyridine rings is 3. The summed E-state index contributed by atoms with van der Waals surface area (Å²) in [6.45, 7) is 4.17. The van der Waals surface area contributed by atoms with Crippen LogP contribution in [0, 0.1) is 18.7 Å². The molecule has 6 rings (SSSR count). The number of ether oxygens (including phenoxy) is 1. The summed E-state index contributed by atoms with van der Waals surface area (Å²) in [6, 6.07) is 18.6. The van der Waals surface area contributed by atoms with Crippen LogP contribution in [0.15, 0.2) is 96.4 Å². The van der Waals surface area contributed by atoms with Crippen molar-refractivity contribution in [1.82, 2.24) is 14.5 Å². The number of nitrogens with two attached hydrogens (primary N) is 1. The van der Waals surface area contributed by atoms with E-state index in [1.54, 1.807) is 18.3 Å². The minimum Gasteiger partial charge on any atom is -0.383 e. The van der Waals surface area contributed by atoms with Crippen LogP contribution < -0.4 is 11.2 Å². The first-order valence-electron chi connectivity index (χ1n) is 15.6. The molecule has 3 N–H and O–H groups in total. The third-order valence-electron chi connectivity index (χ3n) is 8.18. The lowest BCUT2D eigenvalue weighted by Gasteiger charge is -2.23. The summed E-state index contributed by atoms with van der Waals surface area (Å²) in [4.78, 5) is 35.4. The van der Waals surface area contributed by atoms with E-state index in [0.717, 1.165) is 61.1 Å². The Bertz CT molecular complexity index is 2100. The van der Waals surface area contributed by atoms with E-state index in [4.69, 9.17) is 15.0 Å². The zero-order valence-electron chi connectivity index (χ0n) is 27.2. The number of ketones is 1. The molecule has 0 unspecified atom stereocenters. The second-order valence-electron chi connectivity index (χ2n) is 12.1. The Kier molecular flexibility index (Phi) is 11.1. The Morgan fingerprint density at radius 2 is 1.59 bits per heavy atom. The average Bonchev–Trinajstić information content (AvgIpc) is 3.07. The Morgan fingerprint density at radius 3 is 2.24 bits per heavy atom. The number of nitrogen functional groups attached to an aromatic ring is 1. The van der Waals surface area contributed by atoms with Crippen molar-refractivity contribution in [1.29, 1.82) is 0 Å². The van der Waals surface area contributed by atoms with Crippen LogP contribution in [-0.4, -0.2) is 52.8 Å². The van der Waals surface area contributed by atoms with Crippen LogP contribution in [0.3, 0.4) is 0 Å². The molecule has 0 saturated carbocycles. The molecule has 1 saturated heterocycles. The van der Waals surface area contributed by atoms with Crippen molar-refractivity contribution < 1.29 is 26.9 Å². The van der Waals surface area contributed by atoms with Crippen LogP contribution in [0.25, 0.3) is 33.4 Å². The number of aryl methyl sites for hydroxylation is 1. The fourth-order valence-electron chi connectivity index (χ4n) is 5.65. The molecule has 10 nitrogen and oxygen atoms in total. The third-order valence-corrected chi connectivity index (χ3v) is 8.18. The van der Waals surface area contributed by atoms with Gasteiger partial charge in [-0.25, -0.2) is 9.37 Å². The molecular formula is C37H37FN4O6S. The summed E-state index contributed by atoms with van der Waals surface area (Å²) in [6.07, 6.45) is 10.5. The number of halogens is 1. The number of aromatic nitrogens is 3. The van der Waals surface area contributed by atoms with Gasteiger partial charge in [0.25, 0.3) is 10.1 Å². The van der Waals surface area contributed by atoms with E-state index in [9.17, 15) is 22.4 Å². The Morgan fingerprint density at radius 1 is 0.959 bits per heavy atom. The van der Waals surface area contributed by atoms with Crippen LogP contribution in [-0.2, 0) is 27.8 Å². The highest BCUT2D eigenvalue weighted by atomic mass is 32.2. The standard InChI is InChI=1S/C36H33FN4O3.CH4O3S/c1-23-2-6-27(7-3-23)31-21-41(20-25-11-14-44-15-12-25)22-32(35(31)43)34(42)16-24-4-8-26(9-5-24)30-17-28(18-40-36(30)38)29-10-13-39-19-33(29)37;1-5(2,3)4/h2-10,13,17-19,21-22,25H,11-12,14-16,20H2,1H3,(H2,38,40);1H3,(H,2,3,4). The topological polar surface area (TPSA) is 154 Å². The summed E-state index contributed by atoms with van der Waals surface area (Å²) in [5.74, 6) is 0.0408. The van der Waals surface area contributed by atoms with Gasteiger partial charge in [-0.1, -0.05) is 54.1 Å². The van der Waals surface area contributed by atoms with Gasteiger partial charge in [0, 0.05) is 73.2 Å². The third kappa shape index (κ3) is 9.53. The highest BCUT2D eigenvalue weighted by Crippen LogP contribution is 2.31. The number of carbonyl (C=O) groups excluding carboxylic acids is 1. The van der Waals surface area contributed by atoms with Crippen molar-refractivity contribution in [3.05, 3.63) is 124 Å². The quantitative estimate of drug-likeness (QED) is 0.147. The lowest BCUT2D eigenvalue weighted by molar-refractivity contribution is 0.0612. The predicted molar refractivity (Wildman–Crippen MR) is 187 cm³/mol. The number of nitrogens with zero attached hydrogens (tertiary/aromatic N) is 3. The van der Waals surface area contributed by atoms with Gasteiger partial charge in [-0.15, -0.1) is 0 Å². The molecular weight excluding hydrogens is 647 g/mol. The van der Waals surface area contributed by atoms with Gasteiger partial charge < -0.3 is 15.0 Å². The van der Waals surface area contributed by atoms with E-state index in [-0.39, 0.29) is 23.2 Å². The van der Waals surface area contributed by atoms with E-state index in [1.807, 2.05) is 66.2 Å². The fraction of sp³-hybridized carbons (Fsp3) is 0.243. The number of hydrogen-bond donors (Lipinski definition) is 2. The summed E-state index contributed by atoms with van der Waals surface area (Å²) in [7, 11) is -3.67. The molecule has 0 amide bonds. The van der Waals surface area contributed by atoms with Crippen molar-refractivity contribution in [2.45, 2.75) is 32.7 Å². The number of Topliss-reactive ketones (excluding diaryl/α,β-unsaturated/α-hetero) is 1. The van der Waals surface area contributed by atoms with Crippen molar-refractivity contribution in [3.8, 4) is 33.4 Å². The summed E-state index contributed by atoms with van der Waals surface area (Å²) < 4.78 is 47.7. The molecule has 49 heavy (non-hydrogen) atoms. The first-order valence-corrected chi connectivity index (χ1v) is 17.5. The molecule has 1 aliphatic heterocycles. The van der Waals surface area contributed by atoms with Crippen molar-refractivity contribution in [2.24, 2.45) is 5.92 Å². The molecule has 12 heteroatoms. The molecule has 0 bridgehead atoms. The first-order chi connectivity index (χ1) is 23.4. The molecule has 4 heterocycles. The second kappa shape index (κ2) is 15.5. The van der Waals surface area contributed by atoms with Crippen molar-refractivity contribution in [3.63, 3.8) is 0 Å². The Balaban J connectivity index is 0.000000874. The minimum absolute atomic E-state index is 0.0696. The maximum Gasteiger partial charge on any atom is 0.261 e. The molecule has 3 aromatic heterocycles. The van der Waals surface area contributed by atoms with Gasteiger partial charge in [-0.05, 0) is 54.5 Å². The molecule has 2 aromatic carbocycles. The number of anilines is 1. The smallest absolute Gasteiger partial charge is 0.261 e. The van der Waals surface area contributed by atoms with E-state index >= 15 is 0 Å². The molecule has 0 radical (unpaired) electrons. The largest absolute Gasteiger partial charge is 0.383 e. The molecule has 0 spiro atoms. The molecule has 254 valence electrons. The normalized spacial score (nSPS) is 13.4. The lowest BCUT2D eigenvalue weighted by atomic mass is 9.96. The maximum absolute atomic E-state index is 14.4. The van der Waals surface area contributed by atoms with E-state index in [1.165, 1.54) is 12.4 Å². The zero-order valence-corrected chi connectivity index (χ0v) is 28.0. The predicted octanol–water partition coefficient (Wildman–Crippen LogP) is 6.03. The van der Waals surface area contributed by atoms with Crippen LogP contribution in [0.1, 0.15) is 34.3 Å². The van der Waals surface area contributed by atoms with E-state index in [2.05, 4.69) is 9.97 Å². The summed E-state index contributed by atoms with van der Waals surface area (Å²) in [5.41, 5.74) is 11.7. The van der Waals surface area contributed by atoms with Gasteiger partial charge in [0.1, 0.15) is 11.6 Å². The Hall–Kier alpha value is -5.04. The number of hydrogen-bond acceptors (Lipinski definition) is 8. The Labute approximate surface area is 284 Å². The van der Waals surface area contributed by atoms with E-state index in [0.29, 0.717) is 40.2 Å². The van der Waals surface area contributed by atoms with Crippen LogP contribution in [0.5, 0.6) is 0 Å². The molecule has 0 atom stereocenters. The van der Waals surface area contributed by atoms with Crippen molar-refractivity contribution >= 4 is 21.7 Å².